The highest BCUT2D eigenvalue weighted by atomic mass is 16.5. The lowest BCUT2D eigenvalue weighted by Crippen LogP contribution is -2.35. The highest BCUT2D eigenvalue weighted by molar-refractivity contribution is 5.88. The van der Waals surface area contributed by atoms with Crippen molar-refractivity contribution in [1.29, 1.82) is 0 Å². The first-order valence-corrected chi connectivity index (χ1v) is 10.8. The molecule has 6 nitrogen and oxygen atoms in total. The van der Waals surface area contributed by atoms with E-state index in [1.807, 2.05) is 4.90 Å². The maximum Gasteiger partial charge on any atom is 0.311 e. The van der Waals surface area contributed by atoms with Gasteiger partial charge in [0.2, 0.25) is 5.91 Å². The third kappa shape index (κ3) is 5.81. The Kier molecular flexibility index (Phi) is 7.29. The molecule has 0 radical (unpaired) electrons. The van der Waals surface area contributed by atoms with E-state index in [-0.39, 0.29) is 30.9 Å². The lowest BCUT2D eigenvalue weighted by molar-refractivity contribution is -0.152. The molecule has 0 bridgehead atoms. The summed E-state index contributed by atoms with van der Waals surface area (Å²) in [6.07, 6.45) is 5.26. The molecule has 1 heterocycles. The number of benzene rings is 1. The van der Waals surface area contributed by atoms with Gasteiger partial charge >= 0.3 is 5.97 Å². The summed E-state index contributed by atoms with van der Waals surface area (Å²) in [5, 5.41) is 2.78. The zero-order chi connectivity index (χ0) is 20.8. The molecule has 1 aliphatic carbocycles. The molecule has 2 aliphatic rings. The zero-order valence-electron chi connectivity index (χ0n) is 17.5. The zero-order valence-corrected chi connectivity index (χ0v) is 17.5. The Morgan fingerprint density at radius 3 is 2.52 bits per heavy atom. The van der Waals surface area contributed by atoms with Crippen LogP contribution in [-0.2, 0) is 25.5 Å². The number of hydrogen-bond donors (Lipinski definition) is 1. The van der Waals surface area contributed by atoms with Crippen LogP contribution in [0.4, 0.5) is 0 Å². The van der Waals surface area contributed by atoms with Crippen molar-refractivity contribution in [3.05, 3.63) is 35.4 Å². The van der Waals surface area contributed by atoms with E-state index in [0.717, 1.165) is 37.7 Å². The van der Waals surface area contributed by atoms with Crippen molar-refractivity contribution in [3.63, 3.8) is 0 Å². The fourth-order valence-electron chi connectivity index (χ4n) is 4.18. The normalized spacial score (nSPS) is 19.8. The molecule has 0 spiro atoms. The minimum Gasteiger partial charge on any atom is -0.455 e. The van der Waals surface area contributed by atoms with Crippen LogP contribution >= 0.6 is 0 Å². The molecule has 29 heavy (non-hydrogen) atoms. The number of likely N-dealkylation sites (tertiary alicyclic amines) is 1. The van der Waals surface area contributed by atoms with Crippen molar-refractivity contribution in [2.45, 2.75) is 64.3 Å². The Morgan fingerprint density at radius 1 is 1.17 bits per heavy atom. The summed E-state index contributed by atoms with van der Waals surface area (Å²) >= 11 is 0. The van der Waals surface area contributed by atoms with Gasteiger partial charge in [0.1, 0.15) is 0 Å². The van der Waals surface area contributed by atoms with Gasteiger partial charge in [0.05, 0.1) is 5.92 Å². The van der Waals surface area contributed by atoms with Gasteiger partial charge in [0.25, 0.3) is 5.91 Å². The number of nitrogens with zero attached hydrogens (tertiary/aromatic N) is 1. The number of nitrogens with one attached hydrogen (secondary N) is 1. The number of ether oxygens (including phenoxy) is 1. The van der Waals surface area contributed by atoms with Gasteiger partial charge in [-0.3, -0.25) is 14.4 Å². The minimum atomic E-state index is -0.449. The molecular formula is C23H32N2O4. The van der Waals surface area contributed by atoms with Crippen LogP contribution in [0.1, 0.15) is 63.0 Å². The first kappa shape index (κ1) is 21.3. The summed E-state index contributed by atoms with van der Waals surface area (Å²) in [5.41, 5.74) is 2.45. The molecule has 1 saturated heterocycles. The van der Waals surface area contributed by atoms with Gasteiger partial charge in [-0.1, -0.05) is 51.0 Å². The SMILES string of the molecule is CC(C)c1ccc(CCNC(=O)COC(=O)[C@@H]2CC(=O)N(C3CCCC3)C2)cc1. The molecule has 0 aromatic heterocycles. The first-order valence-electron chi connectivity index (χ1n) is 10.8. The average Bonchev–Trinajstić information content (AvgIpc) is 3.36. The monoisotopic (exact) mass is 400 g/mol. The van der Waals surface area contributed by atoms with E-state index in [9.17, 15) is 14.4 Å². The molecule has 1 atom stereocenters. The third-order valence-corrected chi connectivity index (χ3v) is 5.99. The number of amides is 2. The van der Waals surface area contributed by atoms with Gasteiger partial charge in [-0.05, 0) is 36.3 Å². The lowest BCUT2D eigenvalue weighted by atomic mass is 10.0. The highest BCUT2D eigenvalue weighted by Crippen LogP contribution is 2.29. The van der Waals surface area contributed by atoms with Crippen LogP contribution in [0.5, 0.6) is 0 Å². The second kappa shape index (κ2) is 9.90. The fraction of sp³-hybridized carbons (Fsp3) is 0.609. The maximum absolute atomic E-state index is 12.3. The summed E-state index contributed by atoms with van der Waals surface area (Å²) in [6, 6.07) is 8.66. The molecule has 1 N–H and O–H groups in total. The maximum atomic E-state index is 12.3. The number of rotatable bonds is 8. The van der Waals surface area contributed by atoms with Crippen LogP contribution in [0.15, 0.2) is 24.3 Å². The van der Waals surface area contributed by atoms with E-state index in [0.29, 0.717) is 19.0 Å². The van der Waals surface area contributed by atoms with E-state index in [1.54, 1.807) is 0 Å². The number of carbonyl (C=O) groups excluding carboxylic acids is 3. The molecule has 2 fully saturated rings. The van der Waals surface area contributed by atoms with Gasteiger partial charge < -0.3 is 15.0 Å². The molecule has 1 aliphatic heterocycles. The summed E-state index contributed by atoms with van der Waals surface area (Å²) in [5.74, 6) is -0.673. The third-order valence-electron chi connectivity index (χ3n) is 5.99. The topological polar surface area (TPSA) is 75.7 Å². The van der Waals surface area contributed by atoms with Gasteiger partial charge in [-0.15, -0.1) is 0 Å². The smallest absolute Gasteiger partial charge is 0.311 e. The van der Waals surface area contributed by atoms with Gasteiger partial charge in [-0.25, -0.2) is 0 Å². The largest absolute Gasteiger partial charge is 0.455 e. The van der Waals surface area contributed by atoms with Crippen molar-refractivity contribution in [2.75, 3.05) is 19.7 Å². The van der Waals surface area contributed by atoms with Crippen molar-refractivity contribution in [2.24, 2.45) is 5.92 Å². The quantitative estimate of drug-likeness (QED) is 0.681. The molecular weight excluding hydrogens is 368 g/mol. The Morgan fingerprint density at radius 2 is 1.86 bits per heavy atom. The predicted molar refractivity (Wildman–Crippen MR) is 110 cm³/mol. The molecule has 2 amide bonds. The Labute approximate surface area is 173 Å². The van der Waals surface area contributed by atoms with Crippen LogP contribution in [0.25, 0.3) is 0 Å². The van der Waals surface area contributed by atoms with E-state index in [2.05, 4.69) is 43.4 Å². The van der Waals surface area contributed by atoms with Crippen LogP contribution in [0.2, 0.25) is 0 Å². The molecule has 1 saturated carbocycles. The van der Waals surface area contributed by atoms with E-state index < -0.39 is 11.9 Å². The Hall–Kier alpha value is -2.37. The highest BCUT2D eigenvalue weighted by Gasteiger charge is 2.39. The van der Waals surface area contributed by atoms with Crippen LogP contribution in [-0.4, -0.2) is 48.4 Å². The fourth-order valence-corrected chi connectivity index (χ4v) is 4.18. The molecule has 1 aromatic rings. The van der Waals surface area contributed by atoms with Gasteiger partial charge in [0, 0.05) is 25.6 Å². The number of carbonyl (C=O) groups is 3. The van der Waals surface area contributed by atoms with Crippen LogP contribution < -0.4 is 5.32 Å². The van der Waals surface area contributed by atoms with Crippen molar-refractivity contribution in [1.82, 2.24) is 10.2 Å². The first-order chi connectivity index (χ1) is 13.9. The summed E-state index contributed by atoms with van der Waals surface area (Å²) in [7, 11) is 0. The standard InChI is InChI=1S/C23H32N2O4/c1-16(2)18-9-7-17(8-10-18)11-12-24-21(26)15-29-23(28)19-13-22(27)25(14-19)20-5-3-4-6-20/h7-10,16,19-20H,3-6,11-15H2,1-2H3,(H,24,26)/t19-/m1/s1. The molecule has 158 valence electrons. The second-order valence-electron chi connectivity index (χ2n) is 8.49. The van der Waals surface area contributed by atoms with Crippen molar-refractivity contribution in [3.8, 4) is 0 Å². The minimum absolute atomic E-state index is 0.0341. The van der Waals surface area contributed by atoms with Crippen molar-refractivity contribution < 1.29 is 19.1 Å². The second-order valence-corrected chi connectivity index (χ2v) is 8.49. The molecule has 3 rings (SSSR count). The van der Waals surface area contributed by atoms with E-state index in [4.69, 9.17) is 4.74 Å². The number of hydrogen-bond acceptors (Lipinski definition) is 4. The molecule has 0 unspecified atom stereocenters. The number of esters is 1. The van der Waals surface area contributed by atoms with Crippen LogP contribution in [0.3, 0.4) is 0 Å². The summed E-state index contributed by atoms with van der Waals surface area (Å²) in [6.45, 7) is 4.94. The van der Waals surface area contributed by atoms with E-state index >= 15 is 0 Å². The van der Waals surface area contributed by atoms with Crippen molar-refractivity contribution >= 4 is 17.8 Å². The average molecular weight is 401 g/mol. The van der Waals surface area contributed by atoms with Crippen LogP contribution in [0, 0.1) is 5.92 Å². The molecule has 6 heteroatoms. The predicted octanol–water partition coefficient (Wildman–Crippen LogP) is 2.80. The van der Waals surface area contributed by atoms with E-state index in [1.165, 1.54) is 5.56 Å². The van der Waals surface area contributed by atoms with Gasteiger partial charge in [-0.2, -0.15) is 0 Å². The Bertz CT molecular complexity index is 723. The lowest BCUT2D eigenvalue weighted by Gasteiger charge is -2.23. The summed E-state index contributed by atoms with van der Waals surface area (Å²) < 4.78 is 5.16. The molecule has 1 aromatic carbocycles. The summed E-state index contributed by atoms with van der Waals surface area (Å²) in [4.78, 5) is 38.2. The Balaban J connectivity index is 1.34. The van der Waals surface area contributed by atoms with Gasteiger partial charge in [0.15, 0.2) is 6.61 Å².